The van der Waals surface area contributed by atoms with Gasteiger partial charge in [0.15, 0.2) is 0 Å². The Bertz CT molecular complexity index is 334. The summed E-state index contributed by atoms with van der Waals surface area (Å²) in [6.45, 7) is 5.54. The summed E-state index contributed by atoms with van der Waals surface area (Å²) in [6, 6.07) is -0.344. The molecule has 0 spiro atoms. The van der Waals surface area contributed by atoms with Gasteiger partial charge in [0.25, 0.3) is 0 Å². The molecule has 2 fully saturated rings. The smallest absolute Gasteiger partial charge is 0.239 e. The topological polar surface area (TPSA) is 64.7 Å². The van der Waals surface area contributed by atoms with Crippen LogP contribution in [-0.2, 0) is 9.59 Å². The average Bonchev–Trinajstić information content (AvgIpc) is 2.70. The fourth-order valence-electron chi connectivity index (χ4n) is 2.74. The second-order valence-electron chi connectivity index (χ2n) is 4.92. The molecule has 6 nitrogen and oxygen atoms in total. The Morgan fingerprint density at radius 3 is 2.89 bits per heavy atom. The summed E-state index contributed by atoms with van der Waals surface area (Å²) in [4.78, 5) is 27.9. The second-order valence-corrected chi connectivity index (χ2v) is 4.92. The van der Waals surface area contributed by atoms with Gasteiger partial charge in [-0.1, -0.05) is 0 Å². The third-order valence-corrected chi connectivity index (χ3v) is 3.74. The summed E-state index contributed by atoms with van der Waals surface area (Å²) in [5, 5.41) is 6.08. The fourth-order valence-corrected chi connectivity index (χ4v) is 2.74. The Morgan fingerprint density at radius 2 is 2.28 bits per heavy atom. The van der Waals surface area contributed by atoms with Crippen LogP contribution in [-0.4, -0.2) is 73.5 Å². The maximum Gasteiger partial charge on any atom is 0.239 e. The van der Waals surface area contributed by atoms with E-state index in [0.717, 1.165) is 26.1 Å². The summed E-state index contributed by atoms with van der Waals surface area (Å²) in [5.74, 6) is 0.165. The molecule has 0 radical (unpaired) electrons. The van der Waals surface area contributed by atoms with Crippen LogP contribution in [0.3, 0.4) is 0 Å². The highest BCUT2D eigenvalue weighted by Crippen LogP contribution is 2.19. The molecule has 0 saturated carbocycles. The van der Waals surface area contributed by atoms with Crippen LogP contribution in [0.15, 0.2) is 0 Å². The van der Waals surface area contributed by atoms with Gasteiger partial charge in [-0.3, -0.25) is 14.5 Å². The van der Waals surface area contributed by atoms with Crippen molar-refractivity contribution < 1.29 is 9.59 Å². The van der Waals surface area contributed by atoms with Crippen LogP contribution in [0.5, 0.6) is 0 Å². The van der Waals surface area contributed by atoms with Crippen molar-refractivity contribution in [2.45, 2.75) is 25.4 Å². The van der Waals surface area contributed by atoms with Gasteiger partial charge in [-0.2, -0.15) is 0 Å². The second kappa shape index (κ2) is 5.67. The Balaban J connectivity index is 2.08. The number of rotatable bonds is 3. The molecule has 2 heterocycles. The number of carbonyl (C=O) groups excluding carboxylic acids is 2. The molecule has 6 heteroatoms. The van der Waals surface area contributed by atoms with Gasteiger partial charge < -0.3 is 15.5 Å². The van der Waals surface area contributed by atoms with Crippen LogP contribution in [0.4, 0.5) is 0 Å². The van der Waals surface area contributed by atoms with Gasteiger partial charge in [-0.05, 0) is 13.3 Å². The van der Waals surface area contributed by atoms with Crippen molar-refractivity contribution >= 4 is 11.8 Å². The lowest BCUT2D eigenvalue weighted by Gasteiger charge is -2.38. The normalized spacial score (nSPS) is 29.7. The van der Waals surface area contributed by atoms with Crippen molar-refractivity contribution in [2.75, 3.05) is 39.8 Å². The van der Waals surface area contributed by atoms with Crippen LogP contribution in [0, 0.1) is 0 Å². The van der Waals surface area contributed by atoms with Crippen LogP contribution >= 0.6 is 0 Å². The summed E-state index contributed by atoms with van der Waals surface area (Å²) >= 11 is 0. The predicted octanol–water partition coefficient (Wildman–Crippen LogP) is -1.37. The minimum Gasteiger partial charge on any atom is -0.355 e. The largest absolute Gasteiger partial charge is 0.355 e. The summed E-state index contributed by atoms with van der Waals surface area (Å²) in [5.41, 5.74) is 0. The number of amides is 2. The molecular weight excluding hydrogens is 232 g/mol. The van der Waals surface area contributed by atoms with E-state index in [0.29, 0.717) is 13.1 Å². The van der Waals surface area contributed by atoms with Gasteiger partial charge >= 0.3 is 0 Å². The molecule has 2 aliphatic rings. The Morgan fingerprint density at radius 1 is 1.50 bits per heavy atom. The zero-order valence-electron chi connectivity index (χ0n) is 11.1. The number of nitrogens with one attached hydrogen (secondary N) is 2. The highest BCUT2D eigenvalue weighted by molar-refractivity contribution is 5.86. The van der Waals surface area contributed by atoms with Crippen LogP contribution in [0.2, 0.25) is 0 Å². The monoisotopic (exact) mass is 254 g/mol. The van der Waals surface area contributed by atoms with Crippen molar-refractivity contribution in [2.24, 2.45) is 0 Å². The minimum atomic E-state index is -0.223. The number of nitrogens with zero attached hydrogens (tertiary/aromatic N) is 2. The van der Waals surface area contributed by atoms with Crippen LogP contribution in [0.1, 0.15) is 13.3 Å². The zero-order valence-corrected chi connectivity index (χ0v) is 11.1. The first-order valence-corrected chi connectivity index (χ1v) is 6.64. The quantitative estimate of drug-likeness (QED) is 0.652. The molecule has 2 saturated heterocycles. The average molecular weight is 254 g/mol. The van der Waals surface area contributed by atoms with Crippen LogP contribution < -0.4 is 10.6 Å². The summed E-state index contributed by atoms with van der Waals surface area (Å²) < 4.78 is 0. The predicted molar refractivity (Wildman–Crippen MR) is 68.1 cm³/mol. The van der Waals surface area contributed by atoms with Gasteiger partial charge in [-0.25, -0.2) is 0 Å². The molecule has 0 bridgehead atoms. The Labute approximate surface area is 108 Å². The third-order valence-electron chi connectivity index (χ3n) is 3.74. The van der Waals surface area contributed by atoms with Gasteiger partial charge in [0.05, 0.1) is 6.04 Å². The maximum absolute atomic E-state index is 12.1. The summed E-state index contributed by atoms with van der Waals surface area (Å²) in [6.07, 6.45) is 0.825. The van der Waals surface area contributed by atoms with E-state index in [-0.39, 0.29) is 23.9 Å². The first-order chi connectivity index (χ1) is 8.65. The van der Waals surface area contributed by atoms with Gasteiger partial charge in [0, 0.05) is 39.8 Å². The van der Waals surface area contributed by atoms with Crippen molar-refractivity contribution in [3.8, 4) is 0 Å². The van der Waals surface area contributed by atoms with E-state index in [1.807, 2.05) is 14.0 Å². The lowest BCUT2D eigenvalue weighted by molar-refractivity contribution is -0.135. The molecular formula is C12H22N4O2. The number of hydrogen-bond donors (Lipinski definition) is 2. The zero-order chi connectivity index (χ0) is 13.1. The minimum absolute atomic E-state index is 0.0204. The standard InChI is InChI=1S/C12H22N4O2/c1-3-14-11(17)10-8-13-5-7-16(10)9-4-6-15(2)12(9)18/h9-10,13H,3-8H2,1-2H3,(H,14,17). The molecule has 0 aliphatic carbocycles. The maximum atomic E-state index is 12.1. The lowest BCUT2D eigenvalue weighted by atomic mass is 10.1. The molecule has 0 aromatic rings. The third kappa shape index (κ3) is 2.49. The number of likely N-dealkylation sites (tertiary alicyclic amines) is 1. The summed E-state index contributed by atoms with van der Waals surface area (Å²) in [7, 11) is 1.83. The molecule has 2 aliphatic heterocycles. The Kier molecular flexibility index (Phi) is 4.19. The van der Waals surface area contributed by atoms with Crippen molar-refractivity contribution in [3.05, 3.63) is 0 Å². The van der Waals surface area contributed by atoms with E-state index >= 15 is 0 Å². The molecule has 2 unspecified atom stereocenters. The molecule has 2 atom stereocenters. The lowest BCUT2D eigenvalue weighted by Crippen LogP contribution is -2.61. The van der Waals surface area contributed by atoms with E-state index < -0.39 is 0 Å². The first-order valence-electron chi connectivity index (χ1n) is 6.64. The molecule has 18 heavy (non-hydrogen) atoms. The molecule has 0 aromatic heterocycles. The van der Waals surface area contributed by atoms with E-state index in [1.54, 1.807) is 4.90 Å². The first kappa shape index (κ1) is 13.3. The number of likely N-dealkylation sites (N-methyl/N-ethyl adjacent to an activating group) is 2. The number of carbonyl (C=O) groups is 2. The van der Waals surface area contributed by atoms with Gasteiger partial charge in [-0.15, -0.1) is 0 Å². The van der Waals surface area contributed by atoms with Gasteiger partial charge in [0.1, 0.15) is 6.04 Å². The van der Waals surface area contributed by atoms with Gasteiger partial charge in [0.2, 0.25) is 11.8 Å². The van der Waals surface area contributed by atoms with E-state index in [4.69, 9.17) is 0 Å². The van der Waals surface area contributed by atoms with E-state index in [2.05, 4.69) is 15.5 Å². The molecule has 2 N–H and O–H groups in total. The van der Waals surface area contributed by atoms with E-state index in [1.165, 1.54) is 0 Å². The van der Waals surface area contributed by atoms with E-state index in [9.17, 15) is 9.59 Å². The highest BCUT2D eigenvalue weighted by Gasteiger charge is 2.40. The van der Waals surface area contributed by atoms with Crippen molar-refractivity contribution in [1.82, 2.24) is 20.4 Å². The molecule has 102 valence electrons. The molecule has 0 aromatic carbocycles. The fraction of sp³-hybridized carbons (Fsp3) is 0.833. The Hall–Kier alpha value is -1.14. The van der Waals surface area contributed by atoms with Crippen LogP contribution in [0.25, 0.3) is 0 Å². The molecule has 2 rings (SSSR count). The number of hydrogen-bond acceptors (Lipinski definition) is 4. The highest BCUT2D eigenvalue weighted by atomic mass is 16.2. The SMILES string of the molecule is CCNC(=O)C1CNCCN1C1CCN(C)C1=O. The number of piperazine rings is 1. The molecule has 2 amide bonds. The van der Waals surface area contributed by atoms with Crippen molar-refractivity contribution in [3.63, 3.8) is 0 Å². The van der Waals surface area contributed by atoms with Crippen molar-refractivity contribution in [1.29, 1.82) is 0 Å².